The normalized spacial score (nSPS) is 15.0. The van der Waals surface area contributed by atoms with Crippen LogP contribution in [-0.4, -0.2) is 11.1 Å². The van der Waals surface area contributed by atoms with Crippen LogP contribution in [0.3, 0.4) is 0 Å². The zero-order chi connectivity index (χ0) is 11.8. The van der Waals surface area contributed by atoms with E-state index < -0.39 is 0 Å². The maximum Gasteiger partial charge on any atom is 0.0178 e. The first-order valence-corrected chi connectivity index (χ1v) is 5.69. The lowest BCUT2D eigenvalue weighted by molar-refractivity contribution is 0.110. The predicted molar refractivity (Wildman–Crippen MR) is 65.6 cm³/mol. The molecule has 0 radical (unpaired) electrons. The summed E-state index contributed by atoms with van der Waals surface area (Å²) < 4.78 is 0. The van der Waals surface area contributed by atoms with Gasteiger partial charge >= 0.3 is 0 Å². The van der Waals surface area contributed by atoms with Gasteiger partial charge in [0.25, 0.3) is 0 Å². The van der Waals surface area contributed by atoms with Crippen LogP contribution >= 0.6 is 0 Å². The van der Waals surface area contributed by atoms with E-state index in [2.05, 4.69) is 67.6 Å². The minimum absolute atomic E-state index is 0.154. The van der Waals surface area contributed by atoms with E-state index in [1.807, 2.05) is 0 Å². The second kappa shape index (κ2) is 3.84. The fourth-order valence-electron chi connectivity index (χ4n) is 1.14. The van der Waals surface area contributed by atoms with Gasteiger partial charge in [0, 0.05) is 11.1 Å². The Morgan fingerprint density at radius 1 is 0.786 bits per heavy atom. The van der Waals surface area contributed by atoms with Crippen molar-refractivity contribution in [2.45, 2.75) is 73.4 Å². The van der Waals surface area contributed by atoms with E-state index in [4.69, 9.17) is 0 Å². The molecule has 1 heteroatoms. The Hall–Kier alpha value is -0.0400. The summed E-state index contributed by atoms with van der Waals surface area (Å²) in [4.78, 5) is 0. The SMILES string of the molecule is CC(C)C(C)(C)NC(C)(C)C(C)(C)C. The van der Waals surface area contributed by atoms with Crippen LogP contribution in [0.2, 0.25) is 0 Å². The molecular weight excluding hydrogens is 170 g/mol. The van der Waals surface area contributed by atoms with Gasteiger partial charge in [-0.3, -0.25) is 0 Å². The van der Waals surface area contributed by atoms with Gasteiger partial charge in [0.1, 0.15) is 0 Å². The van der Waals surface area contributed by atoms with Gasteiger partial charge in [-0.1, -0.05) is 34.6 Å². The number of hydrogen-bond donors (Lipinski definition) is 1. The largest absolute Gasteiger partial charge is 0.306 e. The average molecular weight is 199 g/mol. The molecule has 0 saturated heterocycles. The van der Waals surface area contributed by atoms with Crippen molar-refractivity contribution in [3.8, 4) is 0 Å². The fraction of sp³-hybridized carbons (Fsp3) is 1.00. The molecule has 0 aromatic heterocycles. The van der Waals surface area contributed by atoms with Crippen molar-refractivity contribution in [3.63, 3.8) is 0 Å². The van der Waals surface area contributed by atoms with Crippen molar-refractivity contribution in [2.24, 2.45) is 11.3 Å². The third kappa shape index (κ3) is 3.27. The Morgan fingerprint density at radius 2 is 1.14 bits per heavy atom. The van der Waals surface area contributed by atoms with Gasteiger partial charge in [0.2, 0.25) is 0 Å². The lowest BCUT2D eigenvalue weighted by Gasteiger charge is -2.47. The van der Waals surface area contributed by atoms with Gasteiger partial charge in [-0.05, 0) is 39.0 Å². The second-order valence-electron chi connectivity index (χ2n) is 6.88. The van der Waals surface area contributed by atoms with E-state index in [0.717, 1.165) is 0 Å². The summed E-state index contributed by atoms with van der Waals surface area (Å²) in [5, 5.41) is 3.77. The molecule has 0 aromatic rings. The molecule has 0 rings (SSSR count). The summed E-state index contributed by atoms with van der Waals surface area (Å²) in [5.41, 5.74) is 0.622. The molecule has 0 fully saturated rings. The minimum Gasteiger partial charge on any atom is -0.306 e. The van der Waals surface area contributed by atoms with E-state index >= 15 is 0 Å². The van der Waals surface area contributed by atoms with Crippen molar-refractivity contribution in [2.75, 3.05) is 0 Å². The molecule has 0 amide bonds. The van der Waals surface area contributed by atoms with E-state index in [9.17, 15) is 0 Å². The average Bonchev–Trinajstić information content (AvgIpc) is 1.80. The van der Waals surface area contributed by atoms with Crippen LogP contribution in [0.25, 0.3) is 0 Å². The molecular formula is C13H29N. The van der Waals surface area contributed by atoms with Crippen molar-refractivity contribution in [3.05, 3.63) is 0 Å². The summed E-state index contributed by atoms with van der Waals surface area (Å²) in [5.74, 6) is 0.643. The maximum absolute atomic E-state index is 3.77. The van der Waals surface area contributed by atoms with Crippen LogP contribution in [0.5, 0.6) is 0 Å². The molecule has 0 aliphatic rings. The van der Waals surface area contributed by atoms with Crippen molar-refractivity contribution in [1.82, 2.24) is 5.32 Å². The van der Waals surface area contributed by atoms with Crippen molar-refractivity contribution >= 4 is 0 Å². The molecule has 0 aliphatic carbocycles. The number of hydrogen-bond acceptors (Lipinski definition) is 1. The molecule has 0 unspecified atom stereocenters. The molecule has 0 aliphatic heterocycles. The van der Waals surface area contributed by atoms with Gasteiger partial charge in [-0.25, -0.2) is 0 Å². The first-order chi connectivity index (χ1) is 5.90. The Balaban J connectivity index is 4.67. The first-order valence-electron chi connectivity index (χ1n) is 5.69. The van der Waals surface area contributed by atoms with Crippen LogP contribution in [0, 0.1) is 11.3 Å². The summed E-state index contributed by atoms with van der Waals surface area (Å²) in [6.07, 6.45) is 0. The summed E-state index contributed by atoms with van der Waals surface area (Å²) in [6.45, 7) is 20.5. The van der Waals surface area contributed by atoms with E-state index in [-0.39, 0.29) is 16.5 Å². The monoisotopic (exact) mass is 199 g/mol. The standard InChI is InChI=1S/C13H29N/c1-10(2)12(6,7)14-13(8,9)11(3,4)5/h10,14H,1-9H3. The molecule has 0 saturated carbocycles. The van der Waals surface area contributed by atoms with Gasteiger partial charge in [0.05, 0.1) is 0 Å². The third-order valence-electron chi connectivity index (χ3n) is 3.95. The van der Waals surface area contributed by atoms with Crippen LogP contribution in [0.15, 0.2) is 0 Å². The smallest absolute Gasteiger partial charge is 0.0178 e. The Kier molecular flexibility index (Phi) is 3.83. The summed E-state index contributed by atoms with van der Waals surface area (Å²) in [7, 11) is 0. The van der Waals surface area contributed by atoms with E-state index in [1.165, 1.54) is 0 Å². The molecule has 0 heterocycles. The van der Waals surface area contributed by atoms with E-state index in [1.54, 1.807) is 0 Å². The summed E-state index contributed by atoms with van der Waals surface area (Å²) >= 11 is 0. The molecule has 0 spiro atoms. The highest BCUT2D eigenvalue weighted by atomic mass is 15.1. The Labute approximate surface area is 90.7 Å². The Bertz CT molecular complexity index is 182. The molecule has 14 heavy (non-hydrogen) atoms. The van der Waals surface area contributed by atoms with Crippen molar-refractivity contribution in [1.29, 1.82) is 0 Å². The zero-order valence-electron chi connectivity index (χ0n) is 11.6. The van der Waals surface area contributed by atoms with Crippen LogP contribution in [0.4, 0.5) is 0 Å². The molecule has 1 nitrogen and oxygen atoms in total. The highest BCUT2D eigenvalue weighted by molar-refractivity contribution is 4.96. The van der Waals surface area contributed by atoms with Crippen molar-refractivity contribution < 1.29 is 0 Å². The van der Waals surface area contributed by atoms with Gasteiger partial charge in [0.15, 0.2) is 0 Å². The highest BCUT2D eigenvalue weighted by Crippen LogP contribution is 2.32. The third-order valence-corrected chi connectivity index (χ3v) is 3.95. The molecule has 0 aromatic carbocycles. The van der Waals surface area contributed by atoms with Gasteiger partial charge in [-0.2, -0.15) is 0 Å². The second-order valence-corrected chi connectivity index (χ2v) is 6.88. The lowest BCUT2D eigenvalue weighted by Crippen LogP contribution is -2.60. The zero-order valence-corrected chi connectivity index (χ0v) is 11.6. The lowest BCUT2D eigenvalue weighted by atomic mass is 9.74. The van der Waals surface area contributed by atoms with Crippen LogP contribution in [-0.2, 0) is 0 Å². The summed E-state index contributed by atoms with van der Waals surface area (Å²) in [6, 6.07) is 0. The molecule has 1 N–H and O–H groups in total. The van der Waals surface area contributed by atoms with Gasteiger partial charge < -0.3 is 5.32 Å². The molecule has 86 valence electrons. The number of rotatable bonds is 3. The topological polar surface area (TPSA) is 12.0 Å². The predicted octanol–water partition coefficient (Wildman–Crippen LogP) is 3.84. The molecule has 0 atom stereocenters. The quantitative estimate of drug-likeness (QED) is 0.728. The first kappa shape index (κ1) is 14.0. The van der Waals surface area contributed by atoms with E-state index in [0.29, 0.717) is 5.92 Å². The minimum atomic E-state index is 0.154. The highest BCUT2D eigenvalue weighted by Gasteiger charge is 2.37. The Morgan fingerprint density at radius 3 is 1.36 bits per heavy atom. The van der Waals surface area contributed by atoms with Crippen LogP contribution < -0.4 is 5.32 Å². The molecule has 0 bridgehead atoms. The van der Waals surface area contributed by atoms with Crippen LogP contribution in [0.1, 0.15) is 62.3 Å². The number of nitrogens with one attached hydrogen (secondary N) is 1. The van der Waals surface area contributed by atoms with Gasteiger partial charge in [-0.15, -0.1) is 0 Å². The fourth-order valence-corrected chi connectivity index (χ4v) is 1.14. The maximum atomic E-state index is 3.77.